The number of fused-ring (bicyclic) bond motifs is 8. The summed E-state index contributed by atoms with van der Waals surface area (Å²) in [5, 5.41) is 6.21. The molecule has 0 unspecified atom stereocenters. The van der Waals surface area contributed by atoms with E-state index in [9.17, 15) is 0 Å². The molecule has 7 aromatic carbocycles. The zero-order valence-electron chi connectivity index (χ0n) is 25.5. The van der Waals surface area contributed by atoms with Crippen LogP contribution in [0.2, 0.25) is 0 Å². The fourth-order valence-electron chi connectivity index (χ4n) is 6.64. The molecular formula is C42H24N4O2. The Morgan fingerprint density at radius 3 is 1.90 bits per heavy atom. The molecule has 0 N–H and O–H groups in total. The first kappa shape index (κ1) is 26.5. The number of hydrogen-bond acceptors (Lipinski definition) is 6. The molecule has 0 aliphatic heterocycles. The summed E-state index contributed by atoms with van der Waals surface area (Å²) in [6.07, 6.45) is 0. The second kappa shape index (κ2) is 10.4. The molecule has 0 aliphatic carbocycles. The number of para-hydroxylation sites is 1. The molecule has 3 heterocycles. The second-order valence-electron chi connectivity index (χ2n) is 11.9. The molecule has 224 valence electrons. The van der Waals surface area contributed by atoms with Crippen LogP contribution < -0.4 is 0 Å². The minimum Gasteiger partial charge on any atom is -0.456 e. The lowest BCUT2D eigenvalue weighted by Gasteiger charge is -2.10. The summed E-state index contributed by atoms with van der Waals surface area (Å²) >= 11 is 0. The Hall–Kier alpha value is -6.66. The molecular weight excluding hydrogens is 592 g/mol. The zero-order valence-corrected chi connectivity index (χ0v) is 25.5. The molecule has 0 fully saturated rings. The zero-order chi connectivity index (χ0) is 31.6. The third-order valence-corrected chi connectivity index (χ3v) is 8.92. The average molecular weight is 617 g/mol. The van der Waals surface area contributed by atoms with Crippen molar-refractivity contribution in [1.29, 1.82) is 0 Å². The molecule has 0 saturated heterocycles. The normalized spacial score (nSPS) is 11.8. The van der Waals surface area contributed by atoms with E-state index in [2.05, 4.69) is 48.5 Å². The molecule has 0 bridgehead atoms. The van der Waals surface area contributed by atoms with E-state index in [1.54, 1.807) is 0 Å². The Kier molecular flexibility index (Phi) is 5.77. The maximum Gasteiger partial charge on any atom is 0.227 e. The number of hydrogen-bond donors (Lipinski definition) is 0. The molecule has 10 rings (SSSR count). The van der Waals surface area contributed by atoms with Crippen LogP contribution in [0.1, 0.15) is 0 Å². The van der Waals surface area contributed by atoms with Gasteiger partial charge in [0.05, 0.1) is 0 Å². The number of rotatable bonds is 4. The molecule has 3 aromatic heterocycles. The van der Waals surface area contributed by atoms with Gasteiger partial charge in [0, 0.05) is 38.4 Å². The van der Waals surface area contributed by atoms with Crippen molar-refractivity contribution in [1.82, 2.24) is 19.9 Å². The van der Waals surface area contributed by atoms with Gasteiger partial charge in [-0.15, -0.1) is 0 Å². The maximum atomic E-state index is 6.71. The highest BCUT2D eigenvalue weighted by atomic mass is 16.3. The fraction of sp³-hybridized carbons (Fsp3) is 0. The summed E-state index contributed by atoms with van der Waals surface area (Å²) in [6.45, 7) is 0. The van der Waals surface area contributed by atoms with Gasteiger partial charge < -0.3 is 8.83 Å². The number of nitrogens with zero attached hydrogens (tertiary/aromatic N) is 4. The first-order valence-corrected chi connectivity index (χ1v) is 15.8. The van der Waals surface area contributed by atoms with Crippen molar-refractivity contribution in [3.63, 3.8) is 0 Å². The second-order valence-corrected chi connectivity index (χ2v) is 11.9. The van der Waals surface area contributed by atoms with Crippen molar-refractivity contribution in [2.24, 2.45) is 0 Å². The Bertz CT molecular complexity index is 2840. The van der Waals surface area contributed by atoms with Gasteiger partial charge in [0.2, 0.25) is 5.89 Å². The molecule has 0 saturated carbocycles. The van der Waals surface area contributed by atoms with Crippen LogP contribution in [0.15, 0.2) is 154 Å². The van der Waals surface area contributed by atoms with Crippen molar-refractivity contribution in [3.05, 3.63) is 146 Å². The number of aromatic nitrogens is 4. The van der Waals surface area contributed by atoms with Gasteiger partial charge in [-0.25, -0.2) is 19.9 Å². The van der Waals surface area contributed by atoms with E-state index in [-0.39, 0.29) is 0 Å². The van der Waals surface area contributed by atoms with Crippen LogP contribution >= 0.6 is 0 Å². The molecule has 6 heteroatoms. The van der Waals surface area contributed by atoms with E-state index in [0.29, 0.717) is 34.5 Å². The molecule has 6 nitrogen and oxygen atoms in total. The van der Waals surface area contributed by atoms with E-state index in [0.717, 1.165) is 65.7 Å². The summed E-state index contributed by atoms with van der Waals surface area (Å²) < 4.78 is 13.0. The number of oxazole rings is 1. The smallest absolute Gasteiger partial charge is 0.227 e. The van der Waals surface area contributed by atoms with E-state index in [1.165, 1.54) is 0 Å². The minimum atomic E-state index is 0.518. The molecule has 10 aromatic rings. The van der Waals surface area contributed by atoms with Gasteiger partial charge in [0.25, 0.3) is 0 Å². The highest BCUT2D eigenvalue weighted by molar-refractivity contribution is 6.26. The van der Waals surface area contributed by atoms with Gasteiger partial charge >= 0.3 is 0 Å². The Morgan fingerprint density at radius 2 is 1.06 bits per heavy atom. The summed E-state index contributed by atoms with van der Waals surface area (Å²) in [5.41, 5.74) is 6.40. The van der Waals surface area contributed by atoms with Crippen LogP contribution in [0.5, 0.6) is 0 Å². The monoisotopic (exact) mass is 616 g/mol. The average Bonchev–Trinajstić information content (AvgIpc) is 3.77. The molecule has 0 spiro atoms. The van der Waals surface area contributed by atoms with Gasteiger partial charge in [-0.1, -0.05) is 109 Å². The van der Waals surface area contributed by atoms with E-state index in [1.807, 2.05) is 97.1 Å². The first-order chi connectivity index (χ1) is 23.8. The number of benzene rings is 7. The quantitative estimate of drug-likeness (QED) is 0.196. The third-order valence-electron chi connectivity index (χ3n) is 8.92. The molecule has 48 heavy (non-hydrogen) atoms. The van der Waals surface area contributed by atoms with Crippen LogP contribution in [0.3, 0.4) is 0 Å². The van der Waals surface area contributed by atoms with Gasteiger partial charge in [0.15, 0.2) is 23.1 Å². The van der Waals surface area contributed by atoms with Gasteiger partial charge in [-0.05, 0) is 52.6 Å². The first-order valence-electron chi connectivity index (χ1n) is 15.8. The summed E-state index contributed by atoms with van der Waals surface area (Å²) in [6, 6.07) is 48.9. The summed E-state index contributed by atoms with van der Waals surface area (Å²) in [7, 11) is 0. The minimum absolute atomic E-state index is 0.518. The van der Waals surface area contributed by atoms with Gasteiger partial charge in [-0.2, -0.15) is 0 Å². The van der Waals surface area contributed by atoms with E-state index < -0.39 is 0 Å². The summed E-state index contributed by atoms with van der Waals surface area (Å²) in [4.78, 5) is 20.3. The van der Waals surface area contributed by atoms with Crippen LogP contribution in [0.4, 0.5) is 0 Å². The fourth-order valence-corrected chi connectivity index (χ4v) is 6.64. The Labute approximate surface area is 274 Å². The Morgan fingerprint density at radius 1 is 0.396 bits per heavy atom. The van der Waals surface area contributed by atoms with Crippen LogP contribution in [-0.2, 0) is 0 Å². The largest absolute Gasteiger partial charge is 0.456 e. The predicted octanol–water partition coefficient (Wildman–Crippen LogP) is 10.9. The Balaban J connectivity index is 1.30. The van der Waals surface area contributed by atoms with Crippen LogP contribution in [0.25, 0.3) is 100 Å². The SMILES string of the molecule is c1ccc(-c2nc(-c3ccc4ccccc4c3)nc(-c3cc4ccc5oc6ccccc6c5c4c4oc(-c5ccccc5)nc34)n2)cc1. The maximum absolute atomic E-state index is 6.71. The van der Waals surface area contributed by atoms with E-state index >= 15 is 0 Å². The predicted molar refractivity (Wildman–Crippen MR) is 191 cm³/mol. The van der Waals surface area contributed by atoms with Gasteiger partial charge in [0.1, 0.15) is 16.7 Å². The lowest BCUT2D eigenvalue weighted by Crippen LogP contribution is -2.01. The van der Waals surface area contributed by atoms with Crippen molar-refractivity contribution < 1.29 is 8.83 Å². The lowest BCUT2D eigenvalue weighted by molar-refractivity contribution is 0.623. The topological polar surface area (TPSA) is 77.8 Å². The highest BCUT2D eigenvalue weighted by Crippen LogP contribution is 2.43. The van der Waals surface area contributed by atoms with Crippen LogP contribution in [-0.4, -0.2) is 19.9 Å². The van der Waals surface area contributed by atoms with E-state index in [4.69, 9.17) is 28.8 Å². The molecule has 0 aliphatic rings. The van der Waals surface area contributed by atoms with Crippen molar-refractivity contribution >= 4 is 54.6 Å². The van der Waals surface area contributed by atoms with Crippen molar-refractivity contribution in [2.75, 3.05) is 0 Å². The standard InChI is InChI=1S/C42H24N4O2/c1-3-12-26(13-4-1)39-44-40(30-20-19-25-11-7-8-16-28(25)23-30)46-41(45-39)32-24-29-21-22-34-36(31-17-9-10-18-33(31)47-34)35(29)38-37(32)43-42(48-38)27-14-5-2-6-15-27/h1-24H. The van der Waals surface area contributed by atoms with Gasteiger partial charge in [-0.3, -0.25) is 0 Å². The van der Waals surface area contributed by atoms with Crippen molar-refractivity contribution in [2.45, 2.75) is 0 Å². The third kappa shape index (κ3) is 4.20. The summed E-state index contributed by atoms with van der Waals surface area (Å²) in [5.74, 6) is 2.21. The lowest BCUT2D eigenvalue weighted by atomic mass is 9.99. The van der Waals surface area contributed by atoms with Crippen LogP contribution in [0, 0.1) is 0 Å². The number of furan rings is 1. The highest BCUT2D eigenvalue weighted by Gasteiger charge is 2.23. The van der Waals surface area contributed by atoms with Crippen molar-refractivity contribution in [3.8, 4) is 45.6 Å². The molecule has 0 radical (unpaired) electrons. The molecule has 0 amide bonds. The molecule has 0 atom stereocenters.